The standard InChI is InChI=1S/C26H40N4O3/c1-3-5-8-17-29(18-9-7-16-27-15-6-4-2)22-12-10-11-20-21(22)19-30(26(20)33)23-13-14-24(31)28-25(23)32/h10-12,23,27H,3-9,13-19H2,1-2H3,(H,28,31,32). The first-order valence-corrected chi connectivity index (χ1v) is 12.8. The van der Waals surface area contributed by atoms with E-state index < -0.39 is 6.04 Å². The fourth-order valence-electron chi connectivity index (χ4n) is 4.75. The molecule has 1 fully saturated rings. The van der Waals surface area contributed by atoms with E-state index in [1.807, 2.05) is 12.1 Å². The van der Waals surface area contributed by atoms with Crippen LogP contribution in [-0.4, -0.2) is 54.8 Å². The van der Waals surface area contributed by atoms with E-state index in [0.29, 0.717) is 18.5 Å². The number of benzene rings is 1. The number of carbonyl (C=O) groups excluding carboxylic acids is 3. The van der Waals surface area contributed by atoms with Gasteiger partial charge in [-0.3, -0.25) is 19.7 Å². The summed E-state index contributed by atoms with van der Waals surface area (Å²) in [4.78, 5) is 41.2. The van der Waals surface area contributed by atoms with E-state index in [1.54, 1.807) is 4.90 Å². The summed E-state index contributed by atoms with van der Waals surface area (Å²) in [6, 6.07) is 5.37. The number of unbranched alkanes of at least 4 members (excludes halogenated alkanes) is 4. The molecule has 33 heavy (non-hydrogen) atoms. The van der Waals surface area contributed by atoms with Crippen molar-refractivity contribution in [1.82, 2.24) is 15.5 Å². The Bertz CT molecular complexity index is 826. The Morgan fingerprint density at radius 2 is 1.73 bits per heavy atom. The molecule has 0 saturated carbocycles. The van der Waals surface area contributed by atoms with Crippen LogP contribution in [-0.2, 0) is 16.1 Å². The number of fused-ring (bicyclic) bond motifs is 1. The number of rotatable bonds is 14. The Balaban J connectivity index is 1.69. The second kappa shape index (κ2) is 12.7. The molecule has 1 aromatic carbocycles. The number of carbonyl (C=O) groups is 3. The molecular weight excluding hydrogens is 416 g/mol. The zero-order valence-electron chi connectivity index (χ0n) is 20.3. The second-order valence-corrected chi connectivity index (χ2v) is 9.21. The van der Waals surface area contributed by atoms with Gasteiger partial charge in [-0.2, -0.15) is 0 Å². The van der Waals surface area contributed by atoms with Crippen molar-refractivity contribution in [2.24, 2.45) is 0 Å². The highest BCUT2D eigenvalue weighted by molar-refractivity contribution is 6.06. The number of hydrogen-bond acceptors (Lipinski definition) is 5. The minimum atomic E-state index is -0.571. The summed E-state index contributed by atoms with van der Waals surface area (Å²) in [6.07, 6.45) is 8.81. The van der Waals surface area contributed by atoms with Gasteiger partial charge in [-0.25, -0.2) is 0 Å². The minimum absolute atomic E-state index is 0.102. The average Bonchev–Trinajstić information content (AvgIpc) is 3.14. The summed E-state index contributed by atoms with van der Waals surface area (Å²) < 4.78 is 0. The Hall–Kier alpha value is -2.41. The molecule has 7 heteroatoms. The van der Waals surface area contributed by atoms with Crippen LogP contribution in [0.15, 0.2) is 18.2 Å². The Morgan fingerprint density at radius 3 is 2.45 bits per heavy atom. The summed E-state index contributed by atoms with van der Waals surface area (Å²) in [7, 11) is 0. The molecule has 2 heterocycles. The van der Waals surface area contributed by atoms with E-state index in [4.69, 9.17) is 0 Å². The second-order valence-electron chi connectivity index (χ2n) is 9.21. The first kappa shape index (κ1) is 25.2. The molecule has 1 saturated heterocycles. The predicted octanol–water partition coefficient (Wildman–Crippen LogP) is 3.61. The zero-order chi connectivity index (χ0) is 23.6. The molecule has 2 aliphatic heterocycles. The largest absolute Gasteiger partial charge is 0.371 e. The summed E-state index contributed by atoms with van der Waals surface area (Å²) >= 11 is 0. The van der Waals surface area contributed by atoms with Gasteiger partial charge in [0, 0.05) is 42.9 Å². The molecule has 0 aliphatic carbocycles. The van der Waals surface area contributed by atoms with Gasteiger partial charge in [-0.05, 0) is 57.3 Å². The van der Waals surface area contributed by atoms with E-state index in [1.165, 1.54) is 25.7 Å². The monoisotopic (exact) mass is 456 g/mol. The van der Waals surface area contributed by atoms with Crippen molar-refractivity contribution in [1.29, 1.82) is 0 Å². The van der Waals surface area contributed by atoms with Crippen molar-refractivity contribution < 1.29 is 14.4 Å². The smallest absolute Gasteiger partial charge is 0.255 e. The molecule has 0 bridgehead atoms. The number of nitrogens with one attached hydrogen (secondary N) is 2. The molecule has 0 spiro atoms. The van der Waals surface area contributed by atoms with Gasteiger partial charge in [0.1, 0.15) is 6.04 Å². The van der Waals surface area contributed by atoms with Crippen LogP contribution in [0, 0.1) is 0 Å². The van der Waals surface area contributed by atoms with Crippen molar-refractivity contribution in [2.75, 3.05) is 31.1 Å². The first-order chi connectivity index (χ1) is 16.1. The first-order valence-electron chi connectivity index (χ1n) is 12.8. The van der Waals surface area contributed by atoms with Crippen molar-refractivity contribution in [3.8, 4) is 0 Å². The van der Waals surface area contributed by atoms with E-state index >= 15 is 0 Å². The quantitative estimate of drug-likeness (QED) is 0.330. The van der Waals surface area contributed by atoms with E-state index in [9.17, 15) is 14.4 Å². The third-order valence-electron chi connectivity index (χ3n) is 6.67. The lowest BCUT2D eigenvalue weighted by atomic mass is 10.0. The molecule has 0 radical (unpaired) electrons. The van der Waals surface area contributed by atoms with Crippen LogP contribution in [0.5, 0.6) is 0 Å². The fourth-order valence-corrected chi connectivity index (χ4v) is 4.75. The van der Waals surface area contributed by atoms with Crippen molar-refractivity contribution in [3.63, 3.8) is 0 Å². The van der Waals surface area contributed by atoms with Crippen LogP contribution < -0.4 is 15.5 Å². The maximum Gasteiger partial charge on any atom is 0.255 e. The Morgan fingerprint density at radius 1 is 1.00 bits per heavy atom. The van der Waals surface area contributed by atoms with Gasteiger partial charge in [0.25, 0.3) is 5.91 Å². The molecule has 7 nitrogen and oxygen atoms in total. The molecule has 1 atom stereocenters. The summed E-state index contributed by atoms with van der Waals surface area (Å²) in [5.74, 6) is -0.716. The lowest BCUT2D eigenvalue weighted by Crippen LogP contribution is -2.52. The highest BCUT2D eigenvalue weighted by Crippen LogP contribution is 2.34. The number of piperidine rings is 1. The lowest BCUT2D eigenvalue weighted by Gasteiger charge is -2.30. The molecule has 2 N–H and O–H groups in total. The van der Waals surface area contributed by atoms with Gasteiger partial charge in [0.2, 0.25) is 11.8 Å². The molecule has 2 aliphatic rings. The van der Waals surface area contributed by atoms with Gasteiger partial charge >= 0.3 is 0 Å². The van der Waals surface area contributed by atoms with Crippen LogP contribution in [0.25, 0.3) is 0 Å². The highest BCUT2D eigenvalue weighted by atomic mass is 16.2. The van der Waals surface area contributed by atoms with Gasteiger partial charge in [0.15, 0.2) is 0 Å². The van der Waals surface area contributed by atoms with Crippen molar-refractivity contribution in [2.45, 2.75) is 84.2 Å². The zero-order valence-corrected chi connectivity index (χ0v) is 20.3. The van der Waals surface area contributed by atoms with Crippen LogP contribution in [0.2, 0.25) is 0 Å². The normalized spacial score (nSPS) is 17.9. The summed E-state index contributed by atoms with van der Waals surface area (Å²) in [5.41, 5.74) is 2.83. The Labute approximate surface area is 198 Å². The van der Waals surface area contributed by atoms with Gasteiger partial charge in [0.05, 0.1) is 0 Å². The van der Waals surface area contributed by atoms with E-state index in [0.717, 1.165) is 56.7 Å². The molecule has 1 aromatic rings. The maximum atomic E-state index is 13.2. The summed E-state index contributed by atoms with van der Waals surface area (Å²) in [5, 5.41) is 5.91. The minimum Gasteiger partial charge on any atom is -0.371 e. The molecule has 3 amide bonds. The number of anilines is 1. The van der Waals surface area contributed by atoms with E-state index in [2.05, 4.69) is 35.4 Å². The summed E-state index contributed by atoms with van der Waals surface area (Å²) in [6.45, 7) is 8.91. The number of amides is 3. The third kappa shape index (κ3) is 6.56. The molecule has 1 unspecified atom stereocenters. The van der Waals surface area contributed by atoms with Gasteiger partial charge < -0.3 is 15.1 Å². The van der Waals surface area contributed by atoms with Crippen molar-refractivity contribution in [3.05, 3.63) is 29.3 Å². The van der Waals surface area contributed by atoms with Crippen molar-refractivity contribution >= 4 is 23.4 Å². The lowest BCUT2D eigenvalue weighted by molar-refractivity contribution is -0.136. The van der Waals surface area contributed by atoms with Crippen LogP contribution in [0.3, 0.4) is 0 Å². The molecule has 182 valence electrons. The third-order valence-corrected chi connectivity index (χ3v) is 6.67. The SMILES string of the molecule is CCCCCN(CCCCNCCCC)c1cccc2c1CN(C1CCC(=O)NC1=O)C2=O. The molecular formula is C26H40N4O3. The number of hydrogen-bond donors (Lipinski definition) is 2. The van der Waals surface area contributed by atoms with Crippen LogP contribution in [0.4, 0.5) is 5.69 Å². The topological polar surface area (TPSA) is 81.8 Å². The number of imide groups is 1. The molecule has 3 rings (SSSR count). The van der Waals surface area contributed by atoms with E-state index in [-0.39, 0.29) is 24.1 Å². The Kier molecular flexibility index (Phi) is 9.73. The van der Waals surface area contributed by atoms with Gasteiger partial charge in [-0.15, -0.1) is 0 Å². The highest BCUT2D eigenvalue weighted by Gasteiger charge is 2.40. The van der Waals surface area contributed by atoms with Crippen LogP contribution >= 0.6 is 0 Å². The fraction of sp³-hybridized carbons (Fsp3) is 0.654. The average molecular weight is 457 g/mol. The maximum absolute atomic E-state index is 13.2. The molecule has 0 aromatic heterocycles. The van der Waals surface area contributed by atoms with Crippen LogP contribution in [0.1, 0.15) is 87.6 Å². The van der Waals surface area contributed by atoms with Gasteiger partial charge in [-0.1, -0.05) is 39.2 Å². The number of nitrogens with zero attached hydrogens (tertiary/aromatic N) is 2. The predicted molar refractivity (Wildman–Crippen MR) is 131 cm³/mol.